The molecule has 0 bridgehead atoms. The number of hydrogen-bond acceptors (Lipinski definition) is 4. The van der Waals surface area contributed by atoms with Gasteiger partial charge in [-0.2, -0.15) is 0 Å². The van der Waals surface area contributed by atoms with Gasteiger partial charge in [-0.05, 0) is 67.7 Å². The summed E-state index contributed by atoms with van der Waals surface area (Å²) < 4.78 is 0. The molecule has 3 aromatic carbocycles. The highest BCUT2D eigenvalue weighted by molar-refractivity contribution is 8.00. The van der Waals surface area contributed by atoms with Gasteiger partial charge in [0.1, 0.15) is 0 Å². The second-order valence-corrected chi connectivity index (χ2v) is 8.87. The van der Waals surface area contributed by atoms with Gasteiger partial charge in [-0.3, -0.25) is 9.59 Å². The largest absolute Gasteiger partial charge is 0.332 e. The van der Waals surface area contributed by atoms with Crippen LogP contribution in [-0.4, -0.2) is 22.2 Å². The van der Waals surface area contributed by atoms with Crippen LogP contribution < -0.4 is 15.5 Å². The van der Waals surface area contributed by atoms with Crippen LogP contribution in [-0.2, 0) is 9.59 Å². The Balaban J connectivity index is 1.36. The number of rotatable bonds is 5. The number of hydrogen-bond donors (Lipinski definition) is 2. The second kappa shape index (κ2) is 9.32. The minimum Gasteiger partial charge on any atom is -0.332 e. The van der Waals surface area contributed by atoms with E-state index in [0.29, 0.717) is 10.8 Å². The summed E-state index contributed by atoms with van der Waals surface area (Å²) in [5, 5.41) is 6.34. The lowest BCUT2D eigenvalue weighted by Gasteiger charge is -2.15. The van der Waals surface area contributed by atoms with Gasteiger partial charge in [0.05, 0.1) is 10.9 Å². The van der Waals surface area contributed by atoms with Crippen molar-refractivity contribution in [2.45, 2.75) is 23.5 Å². The first kappa shape index (κ1) is 21.1. The SMILES string of the molecule is Cc1ccc(N2C(=O)C[C@H](Sc3ccc(NC(=S)Nc4ccccc4)cc3)C2=O)cc1. The lowest BCUT2D eigenvalue weighted by atomic mass is 10.2. The minimum absolute atomic E-state index is 0.165. The molecular weight excluding hydrogens is 426 g/mol. The predicted octanol–water partition coefficient (Wildman–Crippen LogP) is 5.23. The van der Waals surface area contributed by atoms with E-state index in [9.17, 15) is 9.59 Å². The molecule has 3 aromatic rings. The lowest BCUT2D eigenvalue weighted by Crippen LogP contribution is -2.31. The number of carbonyl (C=O) groups is 2. The number of anilines is 3. The first-order valence-electron chi connectivity index (χ1n) is 9.83. The standard InChI is InChI=1S/C24H21N3O2S2/c1-16-7-11-19(12-8-16)27-22(28)15-21(23(27)29)31-20-13-9-18(10-14-20)26-24(30)25-17-5-3-2-4-6-17/h2-14,21H,15H2,1H3,(H2,25,26,30)/t21-/m0/s1. The van der Waals surface area contributed by atoms with Gasteiger partial charge in [0.25, 0.3) is 0 Å². The van der Waals surface area contributed by atoms with Crippen molar-refractivity contribution in [1.29, 1.82) is 0 Å². The number of para-hydroxylation sites is 1. The summed E-state index contributed by atoms with van der Waals surface area (Å²) in [5.74, 6) is -0.337. The highest BCUT2D eigenvalue weighted by atomic mass is 32.2. The number of thioether (sulfide) groups is 1. The van der Waals surface area contributed by atoms with Crippen LogP contribution in [0.25, 0.3) is 0 Å². The Bertz CT molecular complexity index is 1100. The molecule has 0 aliphatic carbocycles. The Morgan fingerprint density at radius 2 is 1.52 bits per heavy atom. The maximum atomic E-state index is 12.8. The van der Waals surface area contributed by atoms with E-state index in [2.05, 4.69) is 10.6 Å². The van der Waals surface area contributed by atoms with Gasteiger partial charge in [0.2, 0.25) is 11.8 Å². The zero-order chi connectivity index (χ0) is 21.8. The molecule has 2 amide bonds. The zero-order valence-electron chi connectivity index (χ0n) is 16.9. The summed E-state index contributed by atoms with van der Waals surface area (Å²) >= 11 is 6.75. The summed E-state index contributed by atoms with van der Waals surface area (Å²) in [4.78, 5) is 27.5. The Labute approximate surface area is 190 Å². The van der Waals surface area contributed by atoms with E-state index in [4.69, 9.17) is 12.2 Å². The molecule has 1 atom stereocenters. The molecule has 1 heterocycles. The molecule has 1 saturated heterocycles. The first-order chi connectivity index (χ1) is 15.0. The van der Waals surface area contributed by atoms with Crippen molar-refractivity contribution in [3.8, 4) is 0 Å². The summed E-state index contributed by atoms with van der Waals surface area (Å²) in [7, 11) is 0. The van der Waals surface area contributed by atoms with E-state index in [-0.39, 0.29) is 18.2 Å². The van der Waals surface area contributed by atoms with E-state index in [1.54, 1.807) is 0 Å². The number of benzene rings is 3. The summed E-state index contributed by atoms with van der Waals surface area (Å²) in [6, 6.07) is 24.8. The summed E-state index contributed by atoms with van der Waals surface area (Å²) in [6.45, 7) is 1.97. The fourth-order valence-corrected chi connectivity index (χ4v) is 4.55. The van der Waals surface area contributed by atoms with E-state index in [1.807, 2.05) is 85.8 Å². The van der Waals surface area contributed by atoms with Gasteiger partial charge in [-0.25, -0.2) is 4.90 Å². The van der Waals surface area contributed by atoms with Gasteiger partial charge in [-0.15, -0.1) is 11.8 Å². The van der Waals surface area contributed by atoms with Crippen molar-refractivity contribution in [3.05, 3.63) is 84.4 Å². The average molecular weight is 448 g/mol. The molecule has 0 aromatic heterocycles. The fourth-order valence-electron chi connectivity index (χ4n) is 3.26. The smallest absolute Gasteiger partial charge is 0.247 e. The van der Waals surface area contributed by atoms with Crippen LogP contribution in [0.2, 0.25) is 0 Å². The predicted molar refractivity (Wildman–Crippen MR) is 131 cm³/mol. The molecule has 156 valence electrons. The van der Waals surface area contributed by atoms with Crippen molar-refractivity contribution in [2.24, 2.45) is 0 Å². The molecule has 0 unspecified atom stereocenters. The van der Waals surface area contributed by atoms with Crippen LogP contribution in [0.4, 0.5) is 17.1 Å². The molecule has 31 heavy (non-hydrogen) atoms. The normalized spacial score (nSPS) is 15.8. The maximum absolute atomic E-state index is 12.8. The number of nitrogens with one attached hydrogen (secondary N) is 2. The lowest BCUT2D eigenvalue weighted by molar-refractivity contribution is -0.121. The zero-order valence-corrected chi connectivity index (χ0v) is 18.5. The van der Waals surface area contributed by atoms with Crippen LogP contribution in [0.1, 0.15) is 12.0 Å². The highest BCUT2D eigenvalue weighted by Gasteiger charge is 2.40. The van der Waals surface area contributed by atoms with Crippen molar-refractivity contribution in [3.63, 3.8) is 0 Å². The highest BCUT2D eigenvalue weighted by Crippen LogP contribution is 2.34. The Morgan fingerprint density at radius 3 is 2.16 bits per heavy atom. The van der Waals surface area contributed by atoms with Crippen molar-refractivity contribution in [1.82, 2.24) is 0 Å². The van der Waals surface area contributed by atoms with Crippen molar-refractivity contribution >= 4 is 58.0 Å². The second-order valence-electron chi connectivity index (χ2n) is 7.18. The number of thiocarbonyl (C=S) groups is 1. The number of nitrogens with zero attached hydrogens (tertiary/aromatic N) is 1. The third-order valence-corrected chi connectivity index (χ3v) is 6.22. The van der Waals surface area contributed by atoms with Gasteiger partial charge in [0.15, 0.2) is 5.11 Å². The molecule has 7 heteroatoms. The molecule has 0 spiro atoms. The summed E-state index contributed by atoms with van der Waals surface area (Å²) in [5.41, 5.74) is 3.46. The molecule has 0 radical (unpaired) electrons. The van der Waals surface area contributed by atoms with Gasteiger partial charge in [-0.1, -0.05) is 35.9 Å². The maximum Gasteiger partial charge on any atom is 0.247 e. The number of carbonyl (C=O) groups excluding carboxylic acids is 2. The van der Waals surface area contributed by atoms with E-state index in [0.717, 1.165) is 21.8 Å². The Kier molecular flexibility index (Phi) is 6.34. The minimum atomic E-state index is -0.423. The third-order valence-electron chi connectivity index (χ3n) is 4.82. The van der Waals surface area contributed by atoms with E-state index < -0.39 is 5.25 Å². The molecule has 1 aliphatic rings. The molecule has 0 saturated carbocycles. The number of aryl methyl sites for hydroxylation is 1. The first-order valence-corrected chi connectivity index (χ1v) is 11.1. The monoisotopic (exact) mass is 447 g/mol. The number of imide groups is 1. The van der Waals surface area contributed by atoms with E-state index in [1.165, 1.54) is 16.7 Å². The summed E-state index contributed by atoms with van der Waals surface area (Å²) in [6.07, 6.45) is 0.197. The van der Waals surface area contributed by atoms with Crippen LogP contribution in [0.3, 0.4) is 0 Å². The van der Waals surface area contributed by atoms with Crippen LogP contribution in [0.5, 0.6) is 0 Å². The Morgan fingerprint density at radius 1 is 0.903 bits per heavy atom. The van der Waals surface area contributed by atoms with Crippen molar-refractivity contribution in [2.75, 3.05) is 15.5 Å². The van der Waals surface area contributed by atoms with Crippen LogP contribution >= 0.6 is 24.0 Å². The van der Waals surface area contributed by atoms with Gasteiger partial charge < -0.3 is 10.6 Å². The molecular formula is C24H21N3O2S2. The fraction of sp³-hybridized carbons (Fsp3) is 0.125. The molecule has 2 N–H and O–H groups in total. The van der Waals surface area contributed by atoms with Crippen LogP contribution in [0, 0.1) is 6.92 Å². The quantitative estimate of drug-likeness (QED) is 0.413. The number of amides is 2. The topological polar surface area (TPSA) is 61.4 Å². The molecule has 1 fully saturated rings. The molecule has 5 nitrogen and oxygen atoms in total. The van der Waals surface area contributed by atoms with Gasteiger partial charge >= 0.3 is 0 Å². The van der Waals surface area contributed by atoms with Crippen LogP contribution in [0.15, 0.2) is 83.8 Å². The van der Waals surface area contributed by atoms with E-state index >= 15 is 0 Å². The van der Waals surface area contributed by atoms with Gasteiger partial charge in [0, 0.05) is 22.7 Å². The molecule has 4 rings (SSSR count). The average Bonchev–Trinajstić information content (AvgIpc) is 3.04. The molecule has 1 aliphatic heterocycles. The van der Waals surface area contributed by atoms with Crippen molar-refractivity contribution < 1.29 is 9.59 Å². The Hall–Kier alpha value is -3.16. The third kappa shape index (κ3) is 5.13.